The van der Waals surface area contributed by atoms with Crippen LogP contribution in [0.5, 0.6) is 0 Å². The van der Waals surface area contributed by atoms with Gasteiger partial charge in [0.25, 0.3) is 5.91 Å². The van der Waals surface area contributed by atoms with Crippen LogP contribution in [0.1, 0.15) is 11.1 Å². The summed E-state index contributed by atoms with van der Waals surface area (Å²) in [5, 5.41) is -0.0107. The normalized spacial score (nSPS) is 14.2. The molecule has 0 aliphatic carbocycles. The number of hydrogen-bond donors (Lipinski definition) is 0. The number of fused-ring (bicyclic) bond motifs is 1. The van der Waals surface area contributed by atoms with Crippen molar-refractivity contribution >= 4 is 12.0 Å². The molecule has 2 aromatic rings. The SMILES string of the molecule is O=C1C=c2cc(-c3cccc(C(F)(F)F)c3)c(C(F)(F)F)cc2=N1. The van der Waals surface area contributed by atoms with Crippen LogP contribution in [-0.4, -0.2) is 5.91 Å². The van der Waals surface area contributed by atoms with Gasteiger partial charge in [0.15, 0.2) is 0 Å². The highest BCUT2D eigenvalue weighted by atomic mass is 19.4. The molecule has 0 aromatic heterocycles. The lowest BCUT2D eigenvalue weighted by Gasteiger charge is -2.14. The van der Waals surface area contributed by atoms with E-state index in [2.05, 4.69) is 4.99 Å². The Morgan fingerprint density at radius 2 is 1.58 bits per heavy atom. The van der Waals surface area contributed by atoms with E-state index in [0.717, 1.165) is 30.3 Å². The summed E-state index contributed by atoms with van der Waals surface area (Å²) in [6, 6.07) is 5.30. The lowest BCUT2D eigenvalue weighted by atomic mass is 9.96. The summed E-state index contributed by atoms with van der Waals surface area (Å²) in [5.41, 5.74) is -2.88. The predicted molar refractivity (Wildman–Crippen MR) is 72.1 cm³/mol. The molecule has 0 saturated heterocycles. The molecule has 0 fully saturated rings. The van der Waals surface area contributed by atoms with E-state index in [1.54, 1.807) is 0 Å². The lowest BCUT2D eigenvalue weighted by molar-refractivity contribution is -0.137. The van der Waals surface area contributed by atoms with E-state index < -0.39 is 35.0 Å². The molecule has 1 amide bonds. The molecule has 24 heavy (non-hydrogen) atoms. The first kappa shape index (κ1) is 16.2. The first-order chi connectivity index (χ1) is 11.1. The highest BCUT2D eigenvalue weighted by molar-refractivity contribution is 6.06. The highest BCUT2D eigenvalue weighted by Gasteiger charge is 2.35. The molecule has 0 unspecified atom stereocenters. The fraction of sp³-hybridized carbons (Fsp3) is 0.125. The van der Waals surface area contributed by atoms with Crippen LogP contribution in [0.2, 0.25) is 0 Å². The number of benzene rings is 2. The van der Waals surface area contributed by atoms with Gasteiger partial charge in [-0.2, -0.15) is 26.3 Å². The molecule has 1 aliphatic heterocycles. The molecular weight excluding hydrogens is 336 g/mol. The van der Waals surface area contributed by atoms with E-state index in [0.29, 0.717) is 12.1 Å². The van der Waals surface area contributed by atoms with Gasteiger partial charge in [0, 0.05) is 11.3 Å². The maximum atomic E-state index is 13.3. The number of hydrogen-bond acceptors (Lipinski definition) is 1. The van der Waals surface area contributed by atoms with Crippen molar-refractivity contribution in [3.05, 3.63) is 58.1 Å². The Labute approximate surface area is 130 Å². The van der Waals surface area contributed by atoms with E-state index in [9.17, 15) is 31.1 Å². The Bertz CT molecular complexity index is 956. The van der Waals surface area contributed by atoms with E-state index >= 15 is 0 Å². The van der Waals surface area contributed by atoms with Gasteiger partial charge in [-0.05, 0) is 35.4 Å². The number of alkyl halides is 6. The molecular formula is C16H7F6NO. The Morgan fingerprint density at radius 1 is 0.875 bits per heavy atom. The third-order valence-electron chi connectivity index (χ3n) is 3.48. The monoisotopic (exact) mass is 343 g/mol. The average molecular weight is 343 g/mol. The minimum absolute atomic E-state index is 0.139. The highest BCUT2D eigenvalue weighted by Crippen LogP contribution is 2.38. The standard InChI is InChI=1S/C16H7F6NO/c17-15(18,19)10-3-1-2-8(4-10)11-5-9-6-14(24)23-13(9)7-12(11)16(20,21)22/h1-7H. The number of carbonyl (C=O) groups excluding carboxylic acids is 1. The molecule has 0 radical (unpaired) electrons. The number of nitrogens with zero attached hydrogens (tertiary/aromatic N) is 1. The summed E-state index contributed by atoms with van der Waals surface area (Å²) >= 11 is 0. The van der Waals surface area contributed by atoms with Crippen LogP contribution in [-0.2, 0) is 17.1 Å². The minimum atomic E-state index is -4.81. The van der Waals surface area contributed by atoms with Gasteiger partial charge < -0.3 is 0 Å². The minimum Gasteiger partial charge on any atom is -0.267 e. The van der Waals surface area contributed by atoms with Gasteiger partial charge in [-0.3, -0.25) is 4.79 Å². The fourth-order valence-electron chi connectivity index (χ4n) is 2.44. The van der Waals surface area contributed by atoms with Crippen LogP contribution in [0, 0.1) is 0 Å². The second kappa shape index (κ2) is 5.19. The van der Waals surface area contributed by atoms with Crippen LogP contribution < -0.4 is 10.6 Å². The molecule has 3 rings (SSSR count). The van der Waals surface area contributed by atoms with Gasteiger partial charge in [0.05, 0.1) is 16.5 Å². The second-order valence-electron chi connectivity index (χ2n) is 5.13. The lowest BCUT2D eigenvalue weighted by Crippen LogP contribution is -2.25. The van der Waals surface area contributed by atoms with Crippen LogP contribution >= 0.6 is 0 Å². The zero-order valence-electron chi connectivity index (χ0n) is 11.7. The molecule has 2 aromatic carbocycles. The summed E-state index contributed by atoms with van der Waals surface area (Å²) < 4.78 is 78.2. The van der Waals surface area contributed by atoms with E-state index in [1.165, 1.54) is 0 Å². The Morgan fingerprint density at radius 3 is 2.21 bits per heavy atom. The smallest absolute Gasteiger partial charge is 0.267 e. The van der Waals surface area contributed by atoms with Crippen LogP contribution in [0.3, 0.4) is 0 Å². The van der Waals surface area contributed by atoms with Gasteiger partial charge >= 0.3 is 12.4 Å². The molecule has 124 valence electrons. The summed E-state index contributed by atoms with van der Waals surface area (Å²) in [6.45, 7) is 0. The van der Waals surface area contributed by atoms with Crippen molar-refractivity contribution in [2.75, 3.05) is 0 Å². The van der Waals surface area contributed by atoms with Crippen molar-refractivity contribution < 1.29 is 31.1 Å². The van der Waals surface area contributed by atoms with Gasteiger partial charge in [-0.1, -0.05) is 12.1 Å². The summed E-state index contributed by atoms with van der Waals surface area (Å²) in [5.74, 6) is -0.709. The molecule has 0 atom stereocenters. The summed E-state index contributed by atoms with van der Waals surface area (Å²) in [7, 11) is 0. The van der Waals surface area contributed by atoms with E-state index in [1.807, 2.05) is 0 Å². The maximum absolute atomic E-state index is 13.3. The number of carbonyl (C=O) groups is 1. The zero-order valence-corrected chi connectivity index (χ0v) is 11.7. The molecule has 0 N–H and O–H groups in total. The fourth-order valence-corrected chi connectivity index (χ4v) is 2.44. The Kier molecular flexibility index (Phi) is 3.51. The molecule has 0 bridgehead atoms. The van der Waals surface area contributed by atoms with Crippen LogP contribution in [0.25, 0.3) is 17.2 Å². The van der Waals surface area contributed by atoms with Crippen molar-refractivity contribution in [1.29, 1.82) is 0 Å². The molecule has 2 nitrogen and oxygen atoms in total. The van der Waals surface area contributed by atoms with Gasteiger partial charge in [0.2, 0.25) is 0 Å². The van der Waals surface area contributed by atoms with Crippen molar-refractivity contribution in [1.82, 2.24) is 0 Å². The second-order valence-corrected chi connectivity index (χ2v) is 5.13. The van der Waals surface area contributed by atoms with Crippen molar-refractivity contribution in [3.8, 4) is 11.1 Å². The number of rotatable bonds is 1. The topological polar surface area (TPSA) is 29.4 Å². The molecule has 8 heteroatoms. The van der Waals surface area contributed by atoms with Gasteiger partial charge in [0.1, 0.15) is 0 Å². The van der Waals surface area contributed by atoms with Gasteiger partial charge in [-0.25, -0.2) is 4.99 Å². The van der Waals surface area contributed by atoms with Gasteiger partial charge in [-0.15, -0.1) is 0 Å². The Balaban J connectivity index is 2.30. The third kappa shape index (κ3) is 2.91. The van der Waals surface area contributed by atoms with Crippen molar-refractivity contribution in [2.24, 2.45) is 4.99 Å². The number of amides is 1. The molecule has 1 heterocycles. The summed E-state index contributed by atoms with van der Waals surface area (Å²) in [6.07, 6.45) is -8.45. The molecule has 0 spiro atoms. The van der Waals surface area contributed by atoms with Crippen LogP contribution in [0.15, 0.2) is 41.4 Å². The number of halogens is 6. The van der Waals surface area contributed by atoms with E-state index in [4.69, 9.17) is 0 Å². The van der Waals surface area contributed by atoms with Crippen LogP contribution in [0.4, 0.5) is 26.3 Å². The van der Waals surface area contributed by atoms with Crippen molar-refractivity contribution in [2.45, 2.75) is 12.4 Å². The quantitative estimate of drug-likeness (QED) is 0.731. The maximum Gasteiger partial charge on any atom is 0.417 e. The predicted octanol–water partition coefficient (Wildman–Crippen LogP) is 3.33. The first-order valence-corrected chi connectivity index (χ1v) is 6.59. The zero-order chi connectivity index (χ0) is 17.7. The molecule has 0 saturated carbocycles. The molecule has 1 aliphatic rings. The Hall–Kier alpha value is -2.64. The largest absolute Gasteiger partial charge is 0.417 e. The third-order valence-corrected chi connectivity index (χ3v) is 3.48. The first-order valence-electron chi connectivity index (χ1n) is 6.59. The average Bonchev–Trinajstić information content (AvgIpc) is 2.83. The van der Waals surface area contributed by atoms with Crippen molar-refractivity contribution in [3.63, 3.8) is 0 Å². The summed E-state index contributed by atoms with van der Waals surface area (Å²) in [4.78, 5) is 14.7. The van der Waals surface area contributed by atoms with E-state index in [-0.39, 0.29) is 16.1 Å².